The maximum Gasteiger partial charge on any atom is 0.321 e. The fourth-order valence-electron chi connectivity index (χ4n) is 2.36. The van der Waals surface area contributed by atoms with Gasteiger partial charge >= 0.3 is 6.03 Å². The highest BCUT2D eigenvalue weighted by molar-refractivity contribution is 7.22. The molecule has 6 heteroatoms. The van der Waals surface area contributed by atoms with E-state index in [1.807, 2.05) is 55.5 Å². The van der Waals surface area contributed by atoms with E-state index in [1.54, 1.807) is 7.11 Å². The van der Waals surface area contributed by atoms with Gasteiger partial charge in [0, 0.05) is 5.56 Å². The lowest BCUT2D eigenvalue weighted by molar-refractivity contribution is 0.249. The van der Waals surface area contributed by atoms with Gasteiger partial charge in [-0.15, -0.1) is 0 Å². The molecule has 0 bridgehead atoms. The van der Waals surface area contributed by atoms with Crippen LogP contribution >= 0.6 is 11.3 Å². The average molecular weight is 327 g/mol. The molecule has 0 radical (unpaired) electrons. The van der Waals surface area contributed by atoms with E-state index in [9.17, 15) is 4.79 Å². The Hall–Kier alpha value is -2.60. The minimum Gasteiger partial charge on any atom is -0.496 e. The van der Waals surface area contributed by atoms with Crippen LogP contribution in [0.3, 0.4) is 0 Å². The highest BCUT2D eigenvalue weighted by atomic mass is 32.1. The molecule has 3 rings (SSSR count). The van der Waals surface area contributed by atoms with Crippen LogP contribution in [0.25, 0.3) is 10.2 Å². The Morgan fingerprint density at radius 3 is 2.70 bits per heavy atom. The third-order valence-electron chi connectivity index (χ3n) is 3.47. The molecule has 23 heavy (non-hydrogen) atoms. The maximum atomic E-state index is 12.2. The first-order chi connectivity index (χ1) is 11.2. The Morgan fingerprint density at radius 2 is 1.91 bits per heavy atom. The molecule has 0 spiro atoms. The molecule has 0 saturated heterocycles. The third kappa shape index (κ3) is 3.43. The number of nitrogens with zero attached hydrogens (tertiary/aromatic N) is 1. The first-order valence-corrected chi connectivity index (χ1v) is 8.05. The normalized spacial score (nSPS) is 11.9. The third-order valence-corrected chi connectivity index (χ3v) is 4.42. The van der Waals surface area contributed by atoms with Gasteiger partial charge in [0.15, 0.2) is 5.13 Å². The molecule has 3 aromatic rings. The number of fused-ring (bicyclic) bond motifs is 1. The molecule has 0 aliphatic heterocycles. The van der Waals surface area contributed by atoms with Gasteiger partial charge < -0.3 is 10.1 Å². The molecule has 0 aliphatic carbocycles. The van der Waals surface area contributed by atoms with Crippen LogP contribution in [0.4, 0.5) is 9.93 Å². The Kier molecular flexibility index (Phi) is 4.43. The fraction of sp³-hybridized carbons (Fsp3) is 0.176. The van der Waals surface area contributed by atoms with E-state index in [-0.39, 0.29) is 12.1 Å². The lowest BCUT2D eigenvalue weighted by Crippen LogP contribution is -2.31. The van der Waals surface area contributed by atoms with Crippen LogP contribution < -0.4 is 15.4 Å². The lowest BCUT2D eigenvalue weighted by Gasteiger charge is -2.17. The summed E-state index contributed by atoms with van der Waals surface area (Å²) in [6.45, 7) is 1.91. The van der Waals surface area contributed by atoms with E-state index in [0.29, 0.717) is 5.13 Å². The first-order valence-electron chi connectivity index (χ1n) is 7.23. The Balaban J connectivity index is 1.69. The zero-order chi connectivity index (χ0) is 16.2. The number of nitrogens with one attached hydrogen (secondary N) is 2. The number of hydrogen-bond donors (Lipinski definition) is 2. The van der Waals surface area contributed by atoms with Crippen molar-refractivity contribution >= 4 is 32.7 Å². The van der Waals surface area contributed by atoms with Crippen molar-refractivity contribution in [2.24, 2.45) is 0 Å². The van der Waals surface area contributed by atoms with Crippen LogP contribution in [-0.4, -0.2) is 18.1 Å². The van der Waals surface area contributed by atoms with E-state index >= 15 is 0 Å². The van der Waals surface area contributed by atoms with Crippen molar-refractivity contribution in [3.8, 4) is 5.75 Å². The maximum absolute atomic E-state index is 12.2. The number of amides is 2. The van der Waals surface area contributed by atoms with Crippen molar-refractivity contribution in [3.63, 3.8) is 0 Å². The number of benzene rings is 2. The molecule has 2 amide bonds. The number of methoxy groups -OCH3 is 1. The number of ether oxygens (including phenoxy) is 1. The topological polar surface area (TPSA) is 63.2 Å². The number of carbonyl (C=O) groups excluding carboxylic acids is 1. The Labute approximate surface area is 138 Å². The van der Waals surface area contributed by atoms with Gasteiger partial charge in [0.1, 0.15) is 5.75 Å². The van der Waals surface area contributed by atoms with Crippen LogP contribution in [-0.2, 0) is 0 Å². The summed E-state index contributed by atoms with van der Waals surface area (Å²) in [5, 5.41) is 6.27. The number of carbonyl (C=O) groups is 1. The number of anilines is 1. The lowest BCUT2D eigenvalue weighted by atomic mass is 10.1. The standard InChI is InChI=1S/C17H17N3O2S/c1-11(12-7-3-5-9-14(12)22-2)18-16(21)20-17-19-13-8-4-6-10-15(13)23-17/h3-11H,1-2H3,(H2,18,19,20,21). The summed E-state index contributed by atoms with van der Waals surface area (Å²) in [5.41, 5.74) is 1.81. The fourth-order valence-corrected chi connectivity index (χ4v) is 3.22. The van der Waals surface area contributed by atoms with Crippen molar-refractivity contribution in [3.05, 3.63) is 54.1 Å². The number of thiazole rings is 1. The summed E-state index contributed by atoms with van der Waals surface area (Å²) >= 11 is 1.45. The highest BCUT2D eigenvalue weighted by Crippen LogP contribution is 2.26. The summed E-state index contributed by atoms with van der Waals surface area (Å²) in [6.07, 6.45) is 0. The highest BCUT2D eigenvalue weighted by Gasteiger charge is 2.14. The van der Waals surface area contributed by atoms with Gasteiger partial charge in [0.2, 0.25) is 0 Å². The number of para-hydroxylation sites is 2. The summed E-state index contributed by atoms with van der Waals surface area (Å²) in [6, 6.07) is 14.9. The van der Waals surface area contributed by atoms with E-state index in [2.05, 4.69) is 15.6 Å². The minimum absolute atomic E-state index is 0.180. The zero-order valence-corrected chi connectivity index (χ0v) is 13.7. The van der Waals surface area contributed by atoms with Crippen molar-refractivity contribution in [2.45, 2.75) is 13.0 Å². The molecule has 1 atom stereocenters. The Bertz CT molecular complexity index is 798. The van der Waals surface area contributed by atoms with E-state index in [1.165, 1.54) is 11.3 Å². The molecule has 0 saturated carbocycles. The summed E-state index contributed by atoms with van der Waals surface area (Å²) in [7, 11) is 1.62. The van der Waals surface area contributed by atoms with Crippen molar-refractivity contribution in [1.29, 1.82) is 0 Å². The van der Waals surface area contributed by atoms with Crippen LogP contribution in [0.5, 0.6) is 5.75 Å². The van der Waals surface area contributed by atoms with Gasteiger partial charge in [-0.1, -0.05) is 41.7 Å². The second kappa shape index (κ2) is 6.66. The molecule has 2 N–H and O–H groups in total. The van der Waals surface area contributed by atoms with Gasteiger partial charge in [-0.3, -0.25) is 5.32 Å². The minimum atomic E-state index is -0.289. The smallest absolute Gasteiger partial charge is 0.321 e. The predicted octanol–water partition coefficient (Wildman–Crippen LogP) is 4.19. The quantitative estimate of drug-likeness (QED) is 0.755. The summed E-state index contributed by atoms with van der Waals surface area (Å²) in [4.78, 5) is 16.6. The molecule has 1 aromatic heterocycles. The molecular weight excluding hydrogens is 310 g/mol. The molecule has 5 nitrogen and oxygen atoms in total. The molecule has 1 unspecified atom stereocenters. The zero-order valence-electron chi connectivity index (χ0n) is 12.9. The second-order valence-electron chi connectivity index (χ2n) is 5.05. The second-order valence-corrected chi connectivity index (χ2v) is 6.08. The van der Waals surface area contributed by atoms with Gasteiger partial charge in [-0.25, -0.2) is 9.78 Å². The largest absolute Gasteiger partial charge is 0.496 e. The van der Waals surface area contributed by atoms with Gasteiger partial charge in [-0.05, 0) is 25.1 Å². The van der Waals surface area contributed by atoms with Crippen LogP contribution in [0.15, 0.2) is 48.5 Å². The molecule has 118 valence electrons. The molecule has 2 aromatic carbocycles. The number of aromatic nitrogens is 1. The van der Waals surface area contributed by atoms with Crippen LogP contribution in [0.1, 0.15) is 18.5 Å². The van der Waals surface area contributed by atoms with E-state index in [0.717, 1.165) is 21.5 Å². The summed E-state index contributed by atoms with van der Waals surface area (Å²) < 4.78 is 6.37. The van der Waals surface area contributed by atoms with Crippen molar-refractivity contribution in [1.82, 2.24) is 10.3 Å². The molecule has 1 heterocycles. The van der Waals surface area contributed by atoms with E-state index < -0.39 is 0 Å². The van der Waals surface area contributed by atoms with Crippen molar-refractivity contribution in [2.75, 3.05) is 12.4 Å². The number of rotatable bonds is 4. The summed E-state index contributed by atoms with van der Waals surface area (Å²) in [5.74, 6) is 0.750. The monoisotopic (exact) mass is 327 g/mol. The Morgan fingerprint density at radius 1 is 1.17 bits per heavy atom. The number of urea groups is 1. The van der Waals surface area contributed by atoms with Crippen molar-refractivity contribution < 1.29 is 9.53 Å². The molecule has 0 aliphatic rings. The van der Waals surface area contributed by atoms with E-state index in [4.69, 9.17) is 4.74 Å². The SMILES string of the molecule is COc1ccccc1C(C)NC(=O)Nc1nc2ccccc2s1. The van der Waals surface area contributed by atoms with Gasteiger partial charge in [-0.2, -0.15) is 0 Å². The molecule has 0 fully saturated rings. The first kappa shape index (κ1) is 15.3. The van der Waals surface area contributed by atoms with Crippen LogP contribution in [0.2, 0.25) is 0 Å². The van der Waals surface area contributed by atoms with Crippen LogP contribution in [0, 0.1) is 0 Å². The predicted molar refractivity (Wildman–Crippen MR) is 93.2 cm³/mol. The van der Waals surface area contributed by atoms with Gasteiger partial charge in [0.05, 0.1) is 23.4 Å². The number of hydrogen-bond acceptors (Lipinski definition) is 4. The average Bonchev–Trinajstić information content (AvgIpc) is 2.96. The van der Waals surface area contributed by atoms with Gasteiger partial charge in [0.25, 0.3) is 0 Å². The molecular formula is C17H17N3O2S.